The number of anilines is 2. The summed E-state index contributed by atoms with van der Waals surface area (Å²) in [6, 6.07) is 9.58. The fourth-order valence-electron chi connectivity index (χ4n) is 6.36. The van der Waals surface area contributed by atoms with Crippen LogP contribution in [0.3, 0.4) is 0 Å². The van der Waals surface area contributed by atoms with E-state index in [-0.39, 0.29) is 42.7 Å². The molecule has 0 aliphatic rings. The lowest BCUT2D eigenvalue weighted by molar-refractivity contribution is 0.0992. The summed E-state index contributed by atoms with van der Waals surface area (Å²) in [6.45, 7) is 8.78. The third-order valence-electron chi connectivity index (χ3n) is 8.80. The van der Waals surface area contributed by atoms with Crippen LogP contribution in [0.4, 0.5) is 11.9 Å². The van der Waals surface area contributed by atoms with E-state index in [1.54, 1.807) is 56.6 Å². The Balaban J connectivity index is 1.39. The molecule has 4 aromatic heterocycles. The van der Waals surface area contributed by atoms with Gasteiger partial charge in [0, 0.05) is 43.9 Å². The van der Waals surface area contributed by atoms with Gasteiger partial charge in [-0.3, -0.25) is 39.2 Å². The van der Waals surface area contributed by atoms with Crippen LogP contribution in [0, 0.1) is 13.8 Å². The molecule has 0 saturated heterocycles. The second kappa shape index (κ2) is 15.0. The Hall–Kier alpha value is -6.82. The minimum atomic E-state index is -0.665. The monoisotopic (exact) mass is 735 g/mol. The van der Waals surface area contributed by atoms with E-state index in [9.17, 15) is 19.2 Å². The van der Waals surface area contributed by atoms with E-state index >= 15 is 0 Å². The number of aryl methyl sites for hydroxylation is 4. The first-order valence-corrected chi connectivity index (χ1v) is 17.1. The Morgan fingerprint density at radius 3 is 1.63 bits per heavy atom. The van der Waals surface area contributed by atoms with Crippen molar-refractivity contribution in [2.75, 3.05) is 17.7 Å². The maximum atomic E-state index is 13.5. The zero-order valence-electron chi connectivity index (χ0n) is 30.5. The molecule has 0 bridgehead atoms. The Bertz CT molecular complexity index is 2310. The fraction of sp³-hybridized carbons (Fsp3) is 0.278. The van der Waals surface area contributed by atoms with Crippen LogP contribution in [0.2, 0.25) is 0 Å². The number of nitrogens with zero attached hydrogens (tertiary/aromatic N) is 8. The van der Waals surface area contributed by atoms with Gasteiger partial charge in [0.05, 0.1) is 35.0 Å². The number of allylic oxidation sites excluding steroid dienone is 2. The first-order valence-electron chi connectivity index (χ1n) is 17.1. The number of ether oxygens (including phenoxy) is 1. The number of rotatable bonds is 14. The molecule has 0 spiro atoms. The van der Waals surface area contributed by atoms with Crippen LogP contribution in [-0.4, -0.2) is 69.4 Å². The summed E-state index contributed by atoms with van der Waals surface area (Å²) in [5.41, 5.74) is 22.3. The molecule has 0 fully saturated rings. The molecule has 8 N–H and O–H groups in total. The molecule has 0 unspecified atom stereocenters. The number of hydrogen-bond donors (Lipinski definition) is 5. The molecule has 0 aliphatic carbocycles. The lowest BCUT2D eigenvalue weighted by atomic mass is 10.1. The zero-order chi connectivity index (χ0) is 38.8. The zero-order valence-corrected chi connectivity index (χ0v) is 30.5. The first kappa shape index (κ1) is 37.0. The molecule has 0 atom stereocenters. The molecule has 6 rings (SSSR count). The molecule has 0 aliphatic heterocycles. The predicted octanol–water partition coefficient (Wildman–Crippen LogP) is 2.86. The number of aromatic nitrogens is 8. The van der Waals surface area contributed by atoms with E-state index in [0.717, 1.165) is 0 Å². The van der Waals surface area contributed by atoms with Crippen LogP contribution in [-0.2, 0) is 32.7 Å². The topological polar surface area (TPSA) is 251 Å². The molecule has 4 heterocycles. The SMILES string of the molecule is CCn1nc(C)cc1C(=O)Nc1nc2cc(C(N)=O)cc(CN)c2n1CC=CCn1c(NC(=O)c2cc(C)nn2CC)nc2cc(C(N)=O)cc(OC)c21. The largest absolute Gasteiger partial charge is 0.494 e. The normalized spacial score (nSPS) is 11.5. The lowest BCUT2D eigenvalue weighted by Crippen LogP contribution is -2.20. The molecule has 0 saturated carbocycles. The summed E-state index contributed by atoms with van der Waals surface area (Å²) in [7, 11) is 1.46. The molecule has 54 heavy (non-hydrogen) atoms. The van der Waals surface area contributed by atoms with Gasteiger partial charge in [0.1, 0.15) is 22.7 Å². The number of carbonyl (C=O) groups is 4. The summed E-state index contributed by atoms with van der Waals surface area (Å²) in [6.07, 6.45) is 3.68. The Morgan fingerprint density at radius 1 is 0.722 bits per heavy atom. The van der Waals surface area contributed by atoms with Gasteiger partial charge in [0.25, 0.3) is 11.8 Å². The number of hydrogen-bond acceptors (Lipinski definition) is 10. The van der Waals surface area contributed by atoms with Crippen LogP contribution in [0.1, 0.15) is 72.5 Å². The van der Waals surface area contributed by atoms with Gasteiger partial charge < -0.3 is 31.1 Å². The Labute approximate surface area is 308 Å². The summed E-state index contributed by atoms with van der Waals surface area (Å²) in [5.74, 6) is -1.44. The number of nitrogens with one attached hydrogen (secondary N) is 2. The van der Waals surface area contributed by atoms with Gasteiger partial charge in [0.15, 0.2) is 0 Å². The van der Waals surface area contributed by atoms with Crippen molar-refractivity contribution in [2.45, 2.75) is 60.4 Å². The number of imidazole rings is 2. The lowest BCUT2D eigenvalue weighted by Gasteiger charge is -2.12. The van der Waals surface area contributed by atoms with Gasteiger partial charge in [0.2, 0.25) is 23.7 Å². The van der Waals surface area contributed by atoms with Crippen molar-refractivity contribution < 1.29 is 23.9 Å². The molecule has 18 nitrogen and oxygen atoms in total. The maximum Gasteiger partial charge on any atom is 0.276 e. The van der Waals surface area contributed by atoms with E-state index in [4.69, 9.17) is 21.9 Å². The van der Waals surface area contributed by atoms with Gasteiger partial charge in [-0.05, 0) is 69.7 Å². The third-order valence-corrected chi connectivity index (χ3v) is 8.80. The highest BCUT2D eigenvalue weighted by Crippen LogP contribution is 2.31. The van der Waals surface area contributed by atoms with Gasteiger partial charge in [-0.1, -0.05) is 12.2 Å². The number of benzene rings is 2. The van der Waals surface area contributed by atoms with E-state index < -0.39 is 23.6 Å². The number of nitrogens with two attached hydrogens (primary N) is 3. The minimum Gasteiger partial charge on any atom is -0.494 e. The average molecular weight is 736 g/mol. The van der Waals surface area contributed by atoms with Crippen LogP contribution in [0.25, 0.3) is 22.1 Å². The van der Waals surface area contributed by atoms with E-state index in [1.165, 1.54) is 19.2 Å². The van der Waals surface area contributed by atoms with Crippen molar-refractivity contribution in [3.63, 3.8) is 0 Å². The molecule has 0 radical (unpaired) electrons. The third kappa shape index (κ3) is 7.01. The average Bonchev–Trinajstić information content (AvgIpc) is 3.91. The molecular weight excluding hydrogens is 694 g/mol. The minimum absolute atomic E-state index is 0.0653. The smallest absolute Gasteiger partial charge is 0.276 e. The second-order valence-electron chi connectivity index (χ2n) is 12.4. The highest BCUT2D eigenvalue weighted by atomic mass is 16.5. The fourth-order valence-corrected chi connectivity index (χ4v) is 6.36. The molecule has 6 aromatic rings. The summed E-state index contributed by atoms with van der Waals surface area (Å²) in [5, 5.41) is 14.6. The van der Waals surface area contributed by atoms with Crippen LogP contribution in [0.15, 0.2) is 48.6 Å². The molecule has 18 heteroatoms. The number of primary amides is 2. The van der Waals surface area contributed by atoms with E-state index in [1.807, 2.05) is 26.0 Å². The molecule has 280 valence electrons. The first-order chi connectivity index (χ1) is 25.9. The van der Waals surface area contributed by atoms with Crippen LogP contribution in [0.5, 0.6) is 5.75 Å². The predicted molar refractivity (Wildman–Crippen MR) is 201 cm³/mol. The highest BCUT2D eigenvalue weighted by molar-refractivity contribution is 6.05. The summed E-state index contributed by atoms with van der Waals surface area (Å²) < 4.78 is 12.4. The van der Waals surface area contributed by atoms with Gasteiger partial charge in [-0.2, -0.15) is 10.2 Å². The van der Waals surface area contributed by atoms with Crippen molar-refractivity contribution >= 4 is 57.6 Å². The number of amides is 4. The van der Waals surface area contributed by atoms with Gasteiger partial charge in [-0.15, -0.1) is 0 Å². The van der Waals surface area contributed by atoms with Crippen LogP contribution < -0.4 is 32.6 Å². The number of carbonyl (C=O) groups excluding carboxylic acids is 4. The Morgan fingerprint density at radius 2 is 1.19 bits per heavy atom. The van der Waals surface area contributed by atoms with Crippen molar-refractivity contribution in [3.8, 4) is 5.75 Å². The Kier molecular flexibility index (Phi) is 10.3. The summed E-state index contributed by atoms with van der Waals surface area (Å²) >= 11 is 0. The second-order valence-corrected chi connectivity index (χ2v) is 12.4. The van der Waals surface area contributed by atoms with Crippen LogP contribution >= 0.6 is 0 Å². The standard InChI is InChI=1S/C36H41N13O5/c1-6-48-26(12-19(3)44-48)33(52)42-35-40-24-15-21(31(38)50)14-23(18-37)29(24)46(35)10-8-9-11-47-30-25(16-22(32(39)51)17-28(30)54-5)41-36(47)43-34(53)27-13-20(4)45-49(27)7-2/h8-9,12-17H,6-7,10-11,18,37H2,1-5H3,(H2,38,50)(H2,39,51)(H,40,42,52)(H,41,43,53). The van der Waals surface area contributed by atoms with E-state index in [2.05, 4.69) is 30.8 Å². The number of methoxy groups -OCH3 is 1. The number of fused-ring (bicyclic) bond motifs is 2. The van der Waals surface area contributed by atoms with Crippen molar-refractivity contribution in [1.29, 1.82) is 0 Å². The molecular formula is C36H41N13O5. The van der Waals surface area contributed by atoms with Gasteiger partial charge in [-0.25, -0.2) is 9.97 Å². The highest BCUT2D eigenvalue weighted by Gasteiger charge is 2.23. The summed E-state index contributed by atoms with van der Waals surface area (Å²) in [4.78, 5) is 60.7. The van der Waals surface area contributed by atoms with Crippen molar-refractivity contribution in [2.24, 2.45) is 17.2 Å². The van der Waals surface area contributed by atoms with Gasteiger partial charge >= 0.3 is 0 Å². The quantitative estimate of drug-likeness (QED) is 0.102. The van der Waals surface area contributed by atoms with Crippen molar-refractivity contribution in [1.82, 2.24) is 38.7 Å². The molecule has 2 aromatic carbocycles. The van der Waals surface area contributed by atoms with E-state index in [0.29, 0.717) is 69.2 Å². The van der Waals surface area contributed by atoms with Crippen molar-refractivity contribution in [3.05, 3.63) is 88.0 Å². The maximum absolute atomic E-state index is 13.5. The molecule has 4 amide bonds.